The van der Waals surface area contributed by atoms with Crippen LogP contribution in [0.3, 0.4) is 0 Å². The average molecular weight is 458 g/mol. The third-order valence-corrected chi connectivity index (χ3v) is 5.60. The quantitative estimate of drug-likeness (QED) is 0.241. The zero-order valence-corrected chi connectivity index (χ0v) is 17.0. The number of alkyl halides is 1. The molecule has 130 valence electrons. The van der Waals surface area contributed by atoms with Gasteiger partial charge < -0.3 is 4.74 Å². The fourth-order valence-electron chi connectivity index (χ4n) is 2.25. The lowest BCUT2D eigenvalue weighted by molar-refractivity contribution is -0.00993. The van der Waals surface area contributed by atoms with Crippen LogP contribution in [0.1, 0.15) is 5.56 Å². The average Bonchev–Trinajstić information content (AvgIpc) is 3.14. The highest BCUT2D eigenvalue weighted by molar-refractivity contribution is 9.10. The first-order valence-electron chi connectivity index (χ1n) is 7.49. The van der Waals surface area contributed by atoms with Gasteiger partial charge in [-0.3, -0.25) is 4.57 Å². The van der Waals surface area contributed by atoms with Crippen LogP contribution in [0, 0.1) is 0 Å². The Morgan fingerprint density at radius 3 is 2.48 bits per heavy atom. The van der Waals surface area contributed by atoms with Crippen molar-refractivity contribution in [2.45, 2.75) is 16.5 Å². The van der Waals surface area contributed by atoms with Crippen molar-refractivity contribution < 1.29 is 4.74 Å². The number of halogens is 3. The third kappa shape index (κ3) is 5.25. The number of hydrogen-bond acceptors (Lipinski definition) is 3. The molecule has 0 fully saturated rings. The Bertz CT molecular complexity index is 797. The van der Waals surface area contributed by atoms with Crippen LogP contribution in [0.15, 0.2) is 76.6 Å². The summed E-state index contributed by atoms with van der Waals surface area (Å²) in [5.41, 5.74) is 1.03. The first-order valence-corrected chi connectivity index (χ1v) is 10.0. The Kier molecular flexibility index (Phi) is 6.47. The molecule has 1 unspecified atom stereocenters. The second-order valence-corrected chi connectivity index (χ2v) is 8.26. The van der Waals surface area contributed by atoms with Crippen LogP contribution in [0.5, 0.6) is 0 Å². The zero-order valence-electron chi connectivity index (χ0n) is 13.1. The molecule has 0 bridgehead atoms. The van der Waals surface area contributed by atoms with Crippen molar-refractivity contribution in [1.29, 1.82) is 0 Å². The van der Waals surface area contributed by atoms with Crippen molar-refractivity contribution in [2.24, 2.45) is 0 Å². The van der Waals surface area contributed by atoms with Crippen molar-refractivity contribution >= 4 is 50.9 Å². The molecule has 1 heterocycles. The van der Waals surface area contributed by atoms with Gasteiger partial charge in [0.05, 0.1) is 6.33 Å². The summed E-state index contributed by atoms with van der Waals surface area (Å²) in [5, 5.41) is -0.356. The van der Waals surface area contributed by atoms with E-state index in [1.807, 2.05) is 48.5 Å². The minimum atomic E-state index is -1.05. The maximum Gasteiger partial charge on any atom is 0.228 e. The molecule has 7 heteroatoms. The lowest BCUT2D eigenvalue weighted by Crippen LogP contribution is -2.32. The van der Waals surface area contributed by atoms with Gasteiger partial charge in [0.15, 0.2) is 0 Å². The zero-order chi connectivity index (χ0) is 17.7. The fraction of sp³-hybridized carbons (Fsp3) is 0.167. The van der Waals surface area contributed by atoms with Crippen LogP contribution in [-0.4, -0.2) is 15.5 Å². The summed E-state index contributed by atoms with van der Waals surface area (Å²) in [6.45, 7) is 0. The second-order valence-electron chi connectivity index (χ2n) is 5.32. The van der Waals surface area contributed by atoms with Crippen molar-refractivity contribution in [1.82, 2.24) is 9.55 Å². The SMILES string of the molecule is Clc1ccc(CC(Cl)(OCSc2ccc(Br)cc2)n2ccnc2)cc1. The molecule has 2 aromatic carbocycles. The van der Waals surface area contributed by atoms with Gasteiger partial charge >= 0.3 is 0 Å². The molecule has 1 atom stereocenters. The summed E-state index contributed by atoms with van der Waals surface area (Å²) in [7, 11) is 0. The Hall–Kier alpha value is -0.980. The van der Waals surface area contributed by atoms with Crippen molar-refractivity contribution in [2.75, 3.05) is 5.94 Å². The smallest absolute Gasteiger partial charge is 0.228 e. The standard InChI is InChI=1S/C18H15BrCl2N2OS/c19-15-3-7-17(8-4-15)25-13-24-18(21,23-10-9-22-12-23)11-14-1-5-16(20)6-2-14/h1-10,12H,11,13H2. The van der Waals surface area contributed by atoms with Crippen molar-refractivity contribution in [3.05, 3.63) is 82.3 Å². The van der Waals surface area contributed by atoms with Crippen LogP contribution < -0.4 is 0 Å². The molecule has 0 saturated heterocycles. The largest absolute Gasteiger partial charge is 0.330 e. The molecule has 0 spiro atoms. The van der Waals surface area contributed by atoms with E-state index in [0.717, 1.165) is 14.9 Å². The summed E-state index contributed by atoms with van der Waals surface area (Å²) in [6.07, 6.45) is 5.63. The van der Waals surface area contributed by atoms with E-state index >= 15 is 0 Å². The van der Waals surface area contributed by atoms with Gasteiger partial charge in [-0.2, -0.15) is 0 Å². The van der Waals surface area contributed by atoms with Gasteiger partial charge in [0, 0.05) is 33.2 Å². The number of hydrogen-bond donors (Lipinski definition) is 0. The molecule has 3 rings (SSSR count). The van der Waals surface area contributed by atoms with Crippen molar-refractivity contribution in [3.63, 3.8) is 0 Å². The number of aromatic nitrogens is 2. The van der Waals surface area contributed by atoms with Crippen LogP contribution >= 0.6 is 50.9 Å². The molecule has 3 aromatic rings. The van der Waals surface area contributed by atoms with E-state index in [1.54, 1.807) is 35.0 Å². The molecule has 0 aliphatic rings. The van der Waals surface area contributed by atoms with Gasteiger partial charge in [0.2, 0.25) is 5.18 Å². The van der Waals surface area contributed by atoms with Gasteiger partial charge in [0.1, 0.15) is 5.94 Å². The molecular weight excluding hydrogens is 443 g/mol. The molecule has 0 aliphatic heterocycles. The molecule has 0 amide bonds. The first kappa shape index (κ1) is 18.8. The Labute approximate surface area is 169 Å². The predicted molar refractivity (Wildman–Crippen MR) is 107 cm³/mol. The van der Waals surface area contributed by atoms with Crippen LogP contribution in [0.4, 0.5) is 0 Å². The highest BCUT2D eigenvalue weighted by Gasteiger charge is 2.30. The normalized spacial score (nSPS) is 13.6. The van der Waals surface area contributed by atoms with E-state index in [2.05, 4.69) is 20.9 Å². The molecule has 1 aromatic heterocycles. The van der Waals surface area contributed by atoms with Gasteiger partial charge in [0.25, 0.3) is 0 Å². The van der Waals surface area contributed by atoms with Gasteiger partial charge in [-0.15, -0.1) is 0 Å². The van der Waals surface area contributed by atoms with E-state index in [4.69, 9.17) is 27.9 Å². The topological polar surface area (TPSA) is 27.1 Å². The maximum atomic E-state index is 6.82. The Morgan fingerprint density at radius 1 is 1.12 bits per heavy atom. The number of ether oxygens (including phenoxy) is 1. The number of rotatable bonds is 7. The van der Waals surface area contributed by atoms with Crippen molar-refractivity contribution in [3.8, 4) is 0 Å². The highest BCUT2D eigenvalue weighted by Crippen LogP contribution is 2.32. The van der Waals surface area contributed by atoms with E-state index in [0.29, 0.717) is 17.4 Å². The summed E-state index contributed by atoms with van der Waals surface area (Å²) in [6, 6.07) is 15.6. The Balaban J connectivity index is 1.70. The minimum absolute atomic E-state index is 0.414. The minimum Gasteiger partial charge on any atom is -0.330 e. The fourth-order valence-corrected chi connectivity index (χ4v) is 3.73. The van der Waals surface area contributed by atoms with E-state index in [9.17, 15) is 0 Å². The van der Waals surface area contributed by atoms with Crippen LogP contribution in [-0.2, 0) is 16.3 Å². The maximum absolute atomic E-state index is 6.82. The molecule has 3 nitrogen and oxygen atoms in total. The van der Waals surface area contributed by atoms with E-state index < -0.39 is 5.18 Å². The van der Waals surface area contributed by atoms with Crippen LogP contribution in [0.25, 0.3) is 0 Å². The second kappa shape index (κ2) is 8.60. The summed E-state index contributed by atoms with van der Waals surface area (Å²) < 4.78 is 8.87. The number of imidazole rings is 1. The monoisotopic (exact) mass is 456 g/mol. The molecule has 25 heavy (non-hydrogen) atoms. The molecule has 0 saturated carbocycles. The first-order chi connectivity index (χ1) is 12.0. The van der Waals surface area contributed by atoms with E-state index in [1.165, 1.54) is 0 Å². The summed E-state index contributed by atoms with van der Waals surface area (Å²) >= 11 is 17.8. The van der Waals surface area contributed by atoms with Crippen LogP contribution in [0.2, 0.25) is 5.02 Å². The number of nitrogens with zero attached hydrogens (tertiary/aromatic N) is 2. The third-order valence-electron chi connectivity index (χ3n) is 3.54. The van der Waals surface area contributed by atoms with Gasteiger partial charge in [-0.05, 0) is 42.0 Å². The predicted octanol–water partition coefficient (Wildman–Crippen LogP) is 6.16. The lowest BCUT2D eigenvalue weighted by atomic mass is 10.1. The highest BCUT2D eigenvalue weighted by atomic mass is 79.9. The number of thioether (sulfide) groups is 1. The van der Waals surface area contributed by atoms with E-state index in [-0.39, 0.29) is 0 Å². The van der Waals surface area contributed by atoms with Gasteiger partial charge in [-0.1, -0.05) is 63.0 Å². The number of benzene rings is 2. The molecule has 0 aliphatic carbocycles. The molecule has 0 N–H and O–H groups in total. The van der Waals surface area contributed by atoms with Gasteiger partial charge in [-0.25, -0.2) is 4.98 Å². The molecular formula is C18H15BrCl2N2OS. The summed E-state index contributed by atoms with van der Waals surface area (Å²) in [4.78, 5) is 5.20. The molecule has 0 radical (unpaired) electrons. The Morgan fingerprint density at radius 2 is 1.84 bits per heavy atom. The lowest BCUT2D eigenvalue weighted by Gasteiger charge is -2.28. The summed E-state index contributed by atoms with van der Waals surface area (Å²) in [5.74, 6) is 0.414.